The van der Waals surface area contributed by atoms with E-state index in [4.69, 9.17) is 13.9 Å². The maximum absolute atomic E-state index is 13.5. The SMILES string of the molecule is CC(C)OC(O[Si]CCc1cc(F)c(F)cc1F)OC(C)C. The molecule has 0 amide bonds. The lowest BCUT2D eigenvalue weighted by atomic mass is 10.1. The second-order valence-corrected chi connectivity index (χ2v) is 6.30. The van der Waals surface area contributed by atoms with Gasteiger partial charge >= 0.3 is 0 Å². The summed E-state index contributed by atoms with van der Waals surface area (Å²) in [6.07, 6.45) is 0.131. The van der Waals surface area contributed by atoms with Gasteiger partial charge in [0.05, 0.1) is 12.2 Å². The van der Waals surface area contributed by atoms with Gasteiger partial charge < -0.3 is 13.9 Å². The fourth-order valence-electron chi connectivity index (χ4n) is 1.60. The Bertz CT molecular complexity index is 460. The summed E-state index contributed by atoms with van der Waals surface area (Å²) >= 11 is 0. The standard InChI is InChI=1S/C15H21F3O3Si/c1-9(2)19-15(20-10(3)4)21-22-6-5-11-7-13(17)14(18)8-12(11)16/h7-10,15H,5-6H2,1-4H3. The molecule has 0 N–H and O–H groups in total. The number of rotatable bonds is 9. The van der Waals surface area contributed by atoms with Gasteiger partial charge in [-0.15, -0.1) is 0 Å². The Morgan fingerprint density at radius 2 is 1.45 bits per heavy atom. The molecule has 3 nitrogen and oxygen atoms in total. The maximum Gasteiger partial charge on any atom is 0.262 e. The van der Waals surface area contributed by atoms with E-state index in [1.165, 1.54) is 0 Å². The van der Waals surface area contributed by atoms with Gasteiger partial charge in [0.25, 0.3) is 6.48 Å². The van der Waals surface area contributed by atoms with E-state index in [-0.39, 0.29) is 34.0 Å². The van der Waals surface area contributed by atoms with Crippen molar-refractivity contribution in [3.05, 3.63) is 35.1 Å². The largest absolute Gasteiger partial charge is 0.372 e. The molecule has 0 aliphatic heterocycles. The molecule has 0 aliphatic carbocycles. The molecule has 1 rings (SSSR count). The molecular formula is C15H21F3O3Si. The van der Waals surface area contributed by atoms with E-state index >= 15 is 0 Å². The number of halogens is 3. The molecule has 0 saturated heterocycles. The summed E-state index contributed by atoms with van der Waals surface area (Å²) in [5, 5.41) is 0. The van der Waals surface area contributed by atoms with E-state index in [9.17, 15) is 13.2 Å². The van der Waals surface area contributed by atoms with Gasteiger partial charge in [0.15, 0.2) is 11.6 Å². The first kappa shape index (κ1) is 19.2. The molecule has 0 saturated carbocycles. The molecule has 0 aromatic heterocycles. The van der Waals surface area contributed by atoms with Crippen LogP contribution >= 0.6 is 0 Å². The highest BCUT2D eigenvalue weighted by molar-refractivity contribution is 6.27. The van der Waals surface area contributed by atoms with Gasteiger partial charge in [-0.25, -0.2) is 13.2 Å². The lowest BCUT2D eigenvalue weighted by Crippen LogP contribution is -2.28. The van der Waals surface area contributed by atoms with Crippen molar-refractivity contribution in [2.45, 2.75) is 58.8 Å². The number of hydrogen-bond acceptors (Lipinski definition) is 3. The third kappa shape index (κ3) is 6.91. The van der Waals surface area contributed by atoms with E-state index in [1.54, 1.807) is 0 Å². The Kier molecular flexibility index (Phi) is 8.09. The van der Waals surface area contributed by atoms with Crippen LogP contribution in [-0.2, 0) is 20.3 Å². The lowest BCUT2D eigenvalue weighted by molar-refractivity contribution is -0.275. The number of aryl methyl sites for hydroxylation is 1. The van der Waals surface area contributed by atoms with Crippen molar-refractivity contribution in [3.63, 3.8) is 0 Å². The average molecular weight is 334 g/mol. The van der Waals surface area contributed by atoms with Gasteiger partial charge in [-0.05, 0) is 51.8 Å². The topological polar surface area (TPSA) is 27.7 Å². The highest BCUT2D eigenvalue weighted by atomic mass is 28.2. The Labute approximate surface area is 131 Å². The molecule has 0 fully saturated rings. The molecule has 0 heterocycles. The summed E-state index contributed by atoms with van der Waals surface area (Å²) in [6, 6.07) is 1.89. The molecule has 0 spiro atoms. The summed E-state index contributed by atoms with van der Waals surface area (Å²) in [7, 11) is -0.00532. The Morgan fingerprint density at radius 1 is 0.909 bits per heavy atom. The normalized spacial score (nSPS) is 11.9. The lowest BCUT2D eigenvalue weighted by Gasteiger charge is -2.22. The third-order valence-electron chi connectivity index (χ3n) is 2.53. The molecule has 7 heteroatoms. The second-order valence-electron chi connectivity index (χ2n) is 5.28. The average Bonchev–Trinajstić information content (AvgIpc) is 2.38. The Morgan fingerprint density at radius 3 is 2.00 bits per heavy atom. The highest BCUT2D eigenvalue weighted by Gasteiger charge is 2.15. The number of benzene rings is 1. The second kappa shape index (κ2) is 9.29. The quantitative estimate of drug-likeness (QED) is 0.297. The summed E-state index contributed by atoms with van der Waals surface area (Å²) in [6.45, 7) is 6.66. The zero-order chi connectivity index (χ0) is 16.7. The summed E-state index contributed by atoms with van der Waals surface area (Å²) in [4.78, 5) is 0. The van der Waals surface area contributed by atoms with E-state index in [1.807, 2.05) is 27.7 Å². The van der Waals surface area contributed by atoms with E-state index in [0.29, 0.717) is 12.1 Å². The zero-order valence-electron chi connectivity index (χ0n) is 13.2. The maximum atomic E-state index is 13.5. The summed E-state index contributed by atoms with van der Waals surface area (Å²) in [5.41, 5.74) is 0.126. The first-order chi connectivity index (χ1) is 10.3. The molecule has 1 aromatic carbocycles. The van der Waals surface area contributed by atoms with Crippen LogP contribution in [0.4, 0.5) is 13.2 Å². The van der Waals surface area contributed by atoms with Crippen LogP contribution in [0.2, 0.25) is 6.04 Å². The van der Waals surface area contributed by atoms with Crippen molar-refractivity contribution >= 4 is 9.76 Å². The van der Waals surface area contributed by atoms with Crippen LogP contribution in [0, 0.1) is 17.5 Å². The predicted molar refractivity (Wildman–Crippen MR) is 77.9 cm³/mol. The van der Waals surface area contributed by atoms with Crippen LogP contribution in [0.3, 0.4) is 0 Å². The molecule has 0 aliphatic rings. The molecule has 1 aromatic rings. The monoisotopic (exact) mass is 334 g/mol. The molecule has 0 atom stereocenters. The van der Waals surface area contributed by atoms with Crippen LogP contribution in [0.1, 0.15) is 33.3 Å². The minimum atomic E-state index is -1.18. The van der Waals surface area contributed by atoms with Gasteiger partial charge in [-0.3, -0.25) is 0 Å². The molecular weight excluding hydrogens is 313 g/mol. The van der Waals surface area contributed by atoms with Gasteiger partial charge in [0.1, 0.15) is 5.82 Å². The molecule has 124 valence electrons. The third-order valence-corrected chi connectivity index (χ3v) is 3.35. The van der Waals surface area contributed by atoms with Crippen LogP contribution < -0.4 is 0 Å². The fourth-order valence-corrected chi connectivity index (χ4v) is 2.34. The van der Waals surface area contributed by atoms with Crippen LogP contribution in [0.25, 0.3) is 0 Å². The van der Waals surface area contributed by atoms with E-state index in [0.717, 1.165) is 6.07 Å². The number of hydrogen-bond donors (Lipinski definition) is 0. The van der Waals surface area contributed by atoms with Gasteiger partial charge in [-0.1, -0.05) is 0 Å². The van der Waals surface area contributed by atoms with Crippen molar-refractivity contribution in [2.75, 3.05) is 0 Å². The van der Waals surface area contributed by atoms with Crippen molar-refractivity contribution in [1.29, 1.82) is 0 Å². The van der Waals surface area contributed by atoms with E-state index < -0.39 is 23.9 Å². The van der Waals surface area contributed by atoms with Crippen molar-refractivity contribution in [2.24, 2.45) is 0 Å². The van der Waals surface area contributed by atoms with Crippen LogP contribution in [-0.4, -0.2) is 28.4 Å². The fraction of sp³-hybridized carbons (Fsp3) is 0.600. The first-order valence-corrected chi connectivity index (χ1v) is 8.24. The first-order valence-electron chi connectivity index (χ1n) is 7.12. The molecule has 2 radical (unpaired) electrons. The predicted octanol–water partition coefficient (Wildman–Crippen LogP) is 3.83. The molecule has 0 bridgehead atoms. The van der Waals surface area contributed by atoms with Crippen LogP contribution in [0.5, 0.6) is 0 Å². The Balaban J connectivity index is 2.44. The van der Waals surface area contributed by atoms with Crippen molar-refractivity contribution in [3.8, 4) is 0 Å². The minimum Gasteiger partial charge on any atom is -0.372 e. The smallest absolute Gasteiger partial charge is 0.262 e. The van der Waals surface area contributed by atoms with Crippen molar-refractivity contribution in [1.82, 2.24) is 0 Å². The van der Waals surface area contributed by atoms with E-state index in [2.05, 4.69) is 0 Å². The molecule has 0 unspecified atom stereocenters. The van der Waals surface area contributed by atoms with Gasteiger partial charge in [0.2, 0.25) is 9.76 Å². The highest BCUT2D eigenvalue weighted by Crippen LogP contribution is 2.15. The van der Waals surface area contributed by atoms with Crippen molar-refractivity contribution < 1.29 is 27.1 Å². The number of ether oxygens (including phenoxy) is 2. The van der Waals surface area contributed by atoms with Gasteiger partial charge in [0, 0.05) is 6.07 Å². The van der Waals surface area contributed by atoms with Gasteiger partial charge in [-0.2, -0.15) is 0 Å². The molecule has 22 heavy (non-hydrogen) atoms. The summed E-state index contributed by atoms with van der Waals surface area (Å²) in [5.74, 6) is -2.99. The minimum absolute atomic E-state index is 0.00532. The zero-order valence-corrected chi connectivity index (χ0v) is 14.2. The summed E-state index contributed by atoms with van der Waals surface area (Å²) < 4.78 is 55.7. The van der Waals surface area contributed by atoms with Crippen LogP contribution in [0.15, 0.2) is 12.1 Å². The Hall–Kier alpha value is -0.893.